The van der Waals surface area contributed by atoms with Gasteiger partial charge in [0.05, 0.1) is 5.69 Å². The highest BCUT2D eigenvalue weighted by atomic mass is 15.1. The summed E-state index contributed by atoms with van der Waals surface area (Å²) < 4.78 is 0. The Morgan fingerprint density at radius 2 is 0.800 bits per heavy atom. The first-order valence-corrected chi connectivity index (χ1v) is 15.5. The van der Waals surface area contributed by atoms with E-state index < -0.39 is 0 Å². The van der Waals surface area contributed by atoms with Gasteiger partial charge in [-0.2, -0.15) is 0 Å². The summed E-state index contributed by atoms with van der Waals surface area (Å²) in [6, 6.07) is 64.1. The van der Waals surface area contributed by atoms with Crippen LogP contribution in [0.25, 0.3) is 65.0 Å². The number of fused-ring (bicyclic) bond motifs is 8. The summed E-state index contributed by atoms with van der Waals surface area (Å²) in [5.41, 5.74) is 5.89. The molecule has 0 aliphatic heterocycles. The molecule has 0 spiro atoms. The van der Waals surface area contributed by atoms with Crippen LogP contribution >= 0.6 is 0 Å². The molecule has 0 atom stereocenters. The minimum absolute atomic E-state index is 1.13. The van der Waals surface area contributed by atoms with E-state index in [2.05, 4.69) is 181 Å². The minimum atomic E-state index is 1.13. The first-order valence-electron chi connectivity index (χ1n) is 15.5. The number of hydrogen-bond acceptors (Lipinski definition) is 1. The monoisotopic (exact) mass is 571 g/mol. The quantitative estimate of drug-likeness (QED) is 0.190. The lowest BCUT2D eigenvalue weighted by atomic mass is 9.93. The fraction of sp³-hybridized carbons (Fsp3) is 0. The van der Waals surface area contributed by atoms with Crippen molar-refractivity contribution in [2.45, 2.75) is 0 Å². The molecule has 0 fully saturated rings. The summed E-state index contributed by atoms with van der Waals surface area (Å²) in [7, 11) is 0. The van der Waals surface area contributed by atoms with Crippen molar-refractivity contribution in [3.8, 4) is 11.1 Å². The van der Waals surface area contributed by atoms with Gasteiger partial charge in [0.1, 0.15) is 0 Å². The van der Waals surface area contributed by atoms with Gasteiger partial charge in [0.2, 0.25) is 0 Å². The number of nitrogens with zero attached hydrogens (tertiary/aromatic N) is 1. The first-order chi connectivity index (χ1) is 22.3. The van der Waals surface area contributed by atoms with Crippen molar-refractivity contribution in [3.05, 3.63) is 176 Å². The van der Waals surface area contributed by atoms with Gasteiger partial charge in [0.25, 0.3) is 0 Å². The Morgan fingerprint density at radius 3 is 1.51 bits per heavy atom. The lowest BCUT2D eigenvalue weighted by molar-refractivity contribution is 1.31. The largest absolute Gasteiger partial charge is 0.310 e. The van der Waals surface area contributed by atoms with Crippen molar-refractivity contribution in [2.24, 2.45) is 0 Å². The molecule has 0 saturated carbocycles. The van der Waals surface area contributed by atoms with E-state index in [1.807, 2.05) is 0 Å². The molecular formula is C44H29N. The number of hydrogen-bond donors (Lipinski definition) is 0. The van der Waals surface area contributed by atoms with Crippen LogP contribution in [-0.2, 0) is 0 Å². The standard InChI is InChI=1S/C44H29N/c1-2-13-31(14-3-1)35-26-27-44(42-21-11-10-16-36(35)42)45(33-23-22-30-12-4-5-15-32(30)28-33)34-24-25-41-39-19-7-6-17-37(39)38-18-8-9-20-40(38)43(41)29-34/h1-29H. The fourth-order valence-electron chi connectivity index (χ4n) is 7.13. The first kappa shape index (κ1) is 25.6. The third-order valence-corrected chi connectivity index (χ3v) is 9.20. The van der Waals surface area contributed by atoms with E-state index in [0.29, 0.717) is 0 Å². The molecule has 0 saturated heterocycles. The zero-order valence-electron chi connectivity index (χ0n) is 24.7. The maximum Gasteiger partial charge on any atom is 0.0540 e. The van der Waals surface area contributed by atoms with Crippen LogP contribution in [0.15, 0.2) is 176 Å². The van der Waals surface area contributed by atoms with Crippen LogP contribution in [0.5, 0.6) is 0 Å². The molecule has 0 aliphatic rings. The van der Waals surface area contributed by atoms with Crippen molar-refractivity contribution in [2.75, 3.05) is 4.90 Å². The van der Waals surface area contributed by atoms with E-state index in [1.54, 1.807) is 0 Å². The second-order valence-electron chi connectivity index (χ2n) is 11.7. The zero-order valence-corrected chi connectivity index (χ0v) is 24.7. The molecule has 0 N–H and O–H groups in total. The maximum atomic E-state index is 2.44. The van der Waals surface area contributed by atoms with E-state index in [1.165, 1.54) is 65.0 Å². The summed E-state index contributed by atoms with van der Waals surface area (Å²) in [6.07, 6.45) is 0. The van der Waals surface area contributed by atoms with Crippen LogP contribution in [0.2, 0.25) is 0 Å². The van der Waals surface area contributed by atoms with E-state index in [4.69, 9.17) is 0 Å². The summed E-state index contributed by atoms with van der Waals surface area (Å²) >= 11 is 0. The van der Waals surface area contributed by atoms with Crippen LogP contribution < -0.4 is 4.90 Å². The summed E-state index contributed by atoms with van der Waals surface area (Å²) in [6.45, 7) is 0. The molecule has 0 amide bonds. The molecule has 9 aromatic carbocycles. The maximum absolute atomic E-state index is 2.44. The van der Waals surface area contributed by atoms with Crippen molar-refractivity contribution in [1.29, 1.82) is 0 Å². The number of rotatable bonds is 4. The minimum Gasteiger partial charge on any atom is -0.310 e. The van der Waals surface area contributed by atoms with Gasteiger partial charge in [-0.25, -0.2) is 0 Å². The Bertz CT molecular complexity index is 2510. The average molecular weight is 572 g/mol. The van der Waals surface area contributed by atoms with Crippen LogP contribution in [-0.4, -0.2) is 0 Å². The highest BCUT2D eigenvalue weighted by molar-refractivity contribution is 6.26. The molecule has 0 aromatic heterocycles. The highest BCUT2D eigenvalue weighted by Crippen LogP contribution is 2.44. The van der Waals surface area contributed by atoms with Gasteiger partial charge < -0.3 is 4.90 Å². The summed E-state index contributed by atoms with van der Waals surface area (Å²) in [5.74, 6) is 0. The third-order valence-electron chi connectivity index (χ3n) is 9.20. The Kier molecular flexibility index (Phi) is 5.89. The zero-order chi connectivity index (χ0) is 29.7. The van der Waals surface area contributed by atoms with Gasteiger partial charge in [-0.15, -0.1) is 0 Å². The molecule has 1 nitrogen and oxygen atoms in total. The molecule has 210 valence electrons. The van der Waals surface area contributed by atoms with Crippen LogP contribution in [0, 0.1) is 0 Å². The van der Waals surface area contributed by atoms with Gasteiger partial charge in [-0.05, 0) is 89.9 Å². The molecule has 0 radical (unpaired) electrons. The second kappa shape index (κ2) is 10.4. The van der Waals surface area contributed by atoms with Gasteiger partial charge >= 0.3 is 0 Å². The topological polar surface area (TPSA) is 3.24 Å². The van der Waals surface area contributed by atoms with Crippen LogP contribution in [0.3, 0.4) is 0 Å². The van der Waals surface area contributed by atoms with Crippen molar-refractivity contribution in [3.63, 3.8) is 0 Å². The fourth-order valence-corrected chi connectivity index (χ4v) is 7.13. The van der Waals surface area contributed by atoms with E-state index in [-0.39, 0.29) is 0 Å². The lowest BCUT2D eigenvalue weighted by Crippen LogP contribution is -2.10. The molecule has 9 rings (SSSR count). The van der Waals surface area contributed by atoms with E-state index in [9.17, 15) is 0 Å². The van der Waals surface area contributed by atoms with Gasteiger partial charge in [0.15, 0.2) is 0 Å². The smallest absolute Gasteiger partial charge is 0.0540 e. The summed E-state index contributed by atoms with van der Waals surface area (Å²) in [5, 5.41) is 12.6. The number of benzene rings is 9. The Balaban J connectivity index is 1.35. The van der Waals surface area contributed by atoms with Crippen molar-refractivity contribution in [1.82, 2.24) is 0 Å². The Labute approximate surface area is 262 Å². The average Bonchev–Trinajstić information content (AvgIpc) is 3.12. The molecular weight excluding hydrogens is 542 g/mol. The molecule has 0 bridgehead atoms. The molecule has 45 heavy (non-hydrogen) atoms. The molecule has 0 heterocycles. The van der Waals surface area contributed by atoms with Gasteiger partial charge in [-0.3, -0.25) is 0 Å². The van der Waals surface area contributed by atoms with Crippen LogP contribution in [0.1, 0.15) is 0 Å². The Morgan fingerprint density at radius 1 is 0.289 bits per heavy atom. The second-order valence-corrected chi connectivity index (χ2v) is 11.7. The lowest BCUT2D eigenvalue weighted by Gasteiger charge is -2.28. The summed E-state index contributed by atoms with van der Waals surface area (Å²) in [4.78, 5) is 2.44. The Hall–Kier alpha value is -5.92. The van der Waals surface area contributed by atoms with Crippen LogP contribution in [0.4, 0.5) is 17.1 Å². The van der Waals surface area contributed by atoms with E-state index in [0.717, 1.165) is 17.1 Å². The van der Waals surface area contributed by atoms with Gasteiger partial charge in [0, 0.05) is 16.8 Å². The SMILES string of the molecule is c1ccc(-c2ccc(N(c3ccc4ccccc4c3)c3ccc4c5ccccc5c5ccccc5c4c3)c3ccccc23)cc1. The van der Waals surface area contributed by atoms with Gasteiger partial charge in [-0.1, -0.05) is 146 Å². The molecule has 0 aliphatic carbocycles. The third kappa shape index (κ3) is 4.17. The van der Waals surface area contributed by atoms with E-state index >= 15 is 0 Å². The molecule has 0 unspecified atom stereocenters. The predicted octanol–water partition coefficient (Wildman–Crippen LogP) is 12.6. The predicted molar refractivity (Wildman–Crippen MR) is 194 cm³/mol. The van der Waals surface area contributed by atoms with Crippen molar-refractivity contribution < 1.29 is 0 Å². The van der Waals surface area contributed by atoms with Crippen molar-refractivity contribution >= 4 is 70.9 Å². The molecule has 1 heteroatoms. The number of anilines is 3. The molecule has 9 aromatic rings. The normalized spacial score (nSPS) is 11.6. The highest BCUT2D eigenvalue weighted by Gasteiger charge is 2.19.